The molecular weight excluding hydrogens is 1500 g/mol. The molecule has 8 fully saturated rings. The van der Waals surface area contributed by atoms with Crippen molar-refractivity contribution in [3.63, 3.8) is 0 Å². The molecule has 14 rings (SSSR count). The molecule has 0 bridgehead atoms. The Bertz CT molecular complexity index is 4860. The summed E-state index contributed by atoms with van der Waals surface area (Å²) in [6.45, 7) is 41.7. The number of esters is 3. The van der Waals surface area contributed by atoms with Crippen LogP contribution in [-0.4, -0.2) is 86.3 Å². The number of nitrogens with two attached hydrogens (primary N) is 1. The zero-order valence-corrected chi connectivity index (χ0v) is 73.7. The molecule has 4 aromatic rings. The summed E-state index contributed by atoms with van der Waals surface area (Å²) in [6, 6.07) is 9.79. The average Bonchev–Trinajstić information content (AvgIpc) is 1.61. The molecule has 8 saturated carbocycles. The number of allylic oxidation sites excluding steroid dienone is 4. The summed E-state index contributed by atoms with van der Waals surface area (Å²) in [6.07, 6.45) is 12.3. The van der Waals surface area contributed by atoms with E-state index < -0.39 is 73.6 Å². The zero-order valence-electron chi connectivity index (χ0n) is 72.2. The van der Waals surface area contributed by atoms with Gasteiger partial charge in [0.15, 0.2) is 23.1 Å². The summed E-state index contributed by atoms with van der Waals surface area (Å²) in [7, 11) is 1.86. The number of carbonyl (C=O) groups is 6. The third-order valence-electron chi connectivity index (χ3n) is 34.4. The molecule has 10 aliphatic rings. The summed E-state index contributed by atoms with van der Waals surface area (Å²) < 4.78 is 56.6. The number of hydrogen-bond donors (Lipinski definition) is 2. The van der Waals surface area contributed by atoms with Gasteiger partial charge in [-0.1, -0.05) is 134 Å². The van der Waals surface area contributed by atoms with Crippen molar-refractivity contribution < 1.29 is 51.8 Å². The van der Waals surface area contributed by atoms with E-state index in [0.29, 0.717) is 61.3 Å². The van der Waals surface area contributed by atoms with Gasteiger partial charge in [0.2, 0.25) is 0 Å². The maximum atomic E-state index is 16.5. The van der Waals surface area contributed by atoms with Gasteiger partial charge >= 0.3 is 17.9 Å². The fourth-order valence-electron chi connectivity index (χ4n) is 28.3. The SMILES string of the molecule is CNCCn1c([C@@]23CC[C@]4(C)[C@H](CC[C@@H]5[C@@]6(C)CC[C@H](OC(=O)CC(C)(C)C(=O)Oc7cc(-n8c(=O)c(Cl)c([C@@]9%10CC[C@]%11(C)[C@H](CC[C@@H]%12[C@@]%13(C)CC[C@H](OC(=O)CC(C)(C)C(C)=O)C(C)(C)[C@@H]%13CC[C@]%12%11C)C9=C(C(C)C)C(=O)C%10)n8CCN)ccc7F)C(C)(C)[C@@H]6CC[C@]54C)C2=C(C(C)C)C(=O)C3)c(Cl)c(=O)n1-c1ccc(F)cc1. The molecule has 17 nitrogen and oxygen atoms in total. The minimum absolute atomic E-state index is 0.0289. The zero-order chi connectivity index (χ0) is 84.0. The number of rotatable bonds is 20. The van der Waals surface area contributed by atoms with E-state index in [4.69, 9.17) is 43.1 Å². The first-order valence-corrected chi connectivity index (χ1v) is 44.0. The van der Waals surface area contributed by atoms with Crippen LogP contribution in [0.15, 0.2) is 74.3 Å². The number of benzene rings is 2. The van der Waals surface area contributed by atoms with Crippen LogP contribution in [0.1, 0.15) is 271 Å². The highest BCUT2D eigenvalue weighted by Gasteiger charge is 2.74. The van der Waals surface area contributed by atoms with Crippen LogP contribution >= 0.6 is 23.2 Å². The van der Waals surface area contributed by atoms with Crippen LogP contribution in [0.2, 0.25) is 10.0 Å². The number of likely N-dealkylation sites (N-methyl/N-ethyl adjacent to an activating group) is 1. The van der Waals surface area contributed by atoms with Gasteiger partial charge in [0.05, 0.1) is 54.1 Å². The molecule has 0 aliphatic heterocycles. The van der Waals surface area contributed by atoms with Crippen molar-refractivity contribution in [1.82, 2.24) is 24.0 Å². The van der Waals surface area contributed by atoms with Crippen LogP contribution in [0.5, 0.6) is 5.75 Å². The van der Waals surface area contributed by atoms with Gasteiger partial charge in [-0.3, -0.25) is 47.7 Å². The van der Waals surface area contributed by atoms with Crippen molar-refractivity contribution in [2.45, 2.75) is 296 Å². The van der Waals surface area contributed by atoms with Crippen molar-refractivity contribution >= 4 is 58.5 Å². The van der Waals surface area contributed by atoms with Gasteiger partial charge in [-0.25, -0.2) is 18.1 Å². The second-order valence-corrected chi connectivity index (χ2v) is 42.8. The molecule has 0 spiro atoms. The highest BCUT2D eigenvalue weighted by atomic mass is 35.5. The van der Waals surface area contributed by atoms with Gasteiger partial charge in [0.25, 0.3) is 11.1 Å². The predicted octanol–water partition coefficient (Wildman–Crippen LogP) is 18.7. The van der Waals surface area contributed by atoms with Crippen molar-refractivity contribution in [2.24, 2.45) is 107 Å². The summed E-state index contributed by atoms with van der Waals surface area (Å²) in [5.74, 6) is -2.55. The van der Waals surface area contributed by atoms with Gasteiger partial charge in [0.1, 0.15) is 33.9 Å². The molecule has 0 radical (unpaired) electrons. The standard InChI is InChI=1S/C94H128Cl2F2N6O11/c1-52(2)72-61(106)48-93(41-39-89(16)58(74(72)93)26-29-66-87(14)35-33-68(114-70(108)50-83(6,7)54(5)105)85(10,11)64(87)31-37-91(66,89)18)78-76(95)81(111)104(101(78)45-43-99)57-25-28-60(98)63(47-57)113-82(112)84(8,9)51-71(109)115-69-34-36-88(15)65(86(69,12)13)32-38-92(19)67(88)30-27-59-75-73(53(3)4)62(107)49-94(75,42-40-90(59,92)17)79-77(96)80(110)103(102(79)46-44-100-20)56-23-21-55(97)22-24-56/h21-25,28,47,52-53,58-59,64-69,100H,26-27,29-46,48-51,99H2,1-20H3/t58-,59-,64+,65+,66-,67-,68+,69+,87+,88+,89-,90-,91-,92-,93-,94-/m1/s1. The van der Waals surface area contributed by atoms with Crippen molar-refractivity contribution in [3.05, 3.63) is 119 Å². The van der Waals surface area contributed by atoms with E-state index in [2.05, 4.69) is 102 Å². The van der Waals surface area contributed by atoms with Crippen LogP contribution < -0.4 is 26.9 Å². The Kier molecular flexibility index (Phi) is 21.5. The van der Waals surface area contributed by atoms with Crippen LogP contribution in [0.3, 0.4) is 0 Å². The maximum Gasteiger partial charge on any atom is 0.317 e. The van der Waals surface area contributed by atoms with E-state index in [-0.39, 0.29) is 157 Å². The minimum atomic E-state index is -1.51. The molecule has 2 heterocycles. The van der Waals surface area contributed by atoms with Gasteiger partial charge in [-0.05, 0) is 269 Å². The fraction of sp³-hybridized carbons (Fsp3) is 0.702. The number of halogens is 4. The van der Waals surface area contributed by atoms with E-state index >= 15 is 14.0 Å². The Hall–Kier alpha value is -6.28. The molecule has 16 atom stereocenters. The number of hydrogen-bond acceptors (Lipinski definition) is 13. The Morgan fingerprint density at radius 3 is 1.40 bits per heavy atom. The summed E-state index contributed by atoms with van der Waals surface area (Å²) in [5.41, 5.74) is 5.31. The van der Waals surface area contributed by atoms with E-state index in [1.54, 1.807) is 49.2 Å². The molecule has 628 valence electrons. The first-order valence-electron chi connectivity index (χ1n) is 43.2. The molecule has 0 saturated heterocycles. The number of ketones is 3. The Morgan fingerprint density at radius 2 is 0.974 bits per heavy atom. The molecule has 2 aromatic carbocycles. The quantitative estimate of drug-likeness (QED) is 0.0622. The van der Waals surface area contributed by atoms with Crippen LogP contribution in [0, 0.1) is 113 Å². The summed E-state index contributed by atoms with van der Waals surface area (Å²) >= 11 is 15.0. The summed E-state index contributed by atoms with van der Waals surface area (Å²) in [5, 5.41) is 3.31. The number of aromatic nitrogens is 4. The molecule has 115 heavy (non-hydrogen) atoms. The minimum Gasteiger partial charge on any atom is -0.462 e. The van der Waals surface area contributed by atoms with E-state index in [9.17, 15) is 33.2 Å². The van der Waals surface area contributed by atoms with E-state index in [1.807, 2.05) is 11.7 Å². The lowest BCUT2D eigenvalue weighted by atomic mass is 9.33. The van der Waals surface area contributed by atoms with Crippen LogP contribution in [0.25, 0.3) is 11.4 Å². The topological polar surface area (TPSA) is 222 Å². The third kappa shape index (κ3) is 12.6. The fourth-order valence-corrected chi connectivity index (χ4v) is 29.0. The van der Waals surface area contributed by atoms with Gasteiger partial charge < -0.3 is 25.3 Å². The normalized spacial score (nSPS) is 34.7. The number of fused-ring (bicyclic) bond motifs is 14. The van der Waals surface area contributed by atoms with Gasteiger partial charge in [-0.2, -0.15) is 0 Å². The Morgan fingerprint density at radius 1 is 0.548 bits per heavy atom. The highest BCUT2D eigenvalue weighted by Crippen LogP contribution is 2.80. The van der Waals surface area contributed by atoms with Crippen molar-refractivity contribution in [1.29, 1.82) is 0 Å². The largest absolute Gasteiger partial charge is 0.462 e. The third-order valence-corrected chi connectivity index (χ3v) is 35.1. The van der Waals surface area contributed by atoms with E-state index in [1.165, 1.54) is 35.9 Å². The second-order valence-electron chi connectivity index (χ2n) is 42.1. The molecule has 3 N–H and O–H groups in total. The van der Waals surface area contributed by atoms with E-state index in [0.717, 1.165) is 112 Å². The number of nitrogens with zero attached hydrogens (tertiary/aromatic N) is 4. The Balaban J connectivity index is 0.682. The van der Waals surface area contributed by atoms with Crippen molar-refractivity contribution in [3.8, 4) is 17.1 Å². The highest BCUT2D eigenvalue weighted by molar-refractivity contribution is 6.32. The first-order chi connectivity index (χ1) is 53.6. The lowest BCUT2D eigenvalue weighted by Gasteiger charge is -2.72. The average molecular weight is 1630 g/mol. The number of nitrogens with one attached hydrogen (secondary N) is 1. The number of carbonyl (C=O) groups excluding carboxylic acids is 6. The number of Topliss-reactive ketones (excluding diaryl/α,β-unsaturated/α-hetero) is 3. The first kappa shape index (κ1) is 85.1. The molecule has 0 unspecified atom stereocenters. The smallest absolute Gasteiger partial charge is 0.317 e. The monoisotopic (exact) mass is 1620 g/mol. The summed E-state index contributed by atoms with van der Waals surface area (Å²) in [4.78, 5) is 115. The number of ether oxygens (including phenoxy) is 3. The second kappa shape index (κ2) is 29.0. The lowest BCUT2D eigenvalue weighted by Crippen LogP contribution is -2.66. The molecule has 21 heteroatoms. The lowest BCUT2D eigenvalue weighted by molar-refractivity contribution is -0.232. The molecule has 0 amide bonds. The van der Waals surface area contributed by atoms with Crippen LogP contribution in [0.4, 0.5) is 8.78 Å². The molecule has 10 aliphatic carbocycles. The maximum absolute atomic E-state index is 16.5. The Labute approximate surface area is 689 Å². The molecule has 2 aromatic heterocycles. The van der Waals surface area contributed by atoms with Crippen molar-refractivity contribution in [2.75, 3.05) is 20.1 Å². The predicted molar refractivity (Wildman–Crippen MR) is 443 cm³/mol. The van der Waals surface area contributed by atoms with Gasteiger partial charge in [0, 0.05) is 59.1 Å². The van der Waals surface area contributed by atoms with Crippen LogP contribution in [-0.2, 0) is 62.2 Å². The van der Waals surface area contributed by atoms with Gasteiger partial charge in [-0.15, -0.1) is 0 Å². The molecular formula is C94H128Cl2F2N6O11.